The van der Waals surface area contributed by atoms with Crippen LogP contribution in [0.1, 0.15) is 62.7 Å². The molecule has 1 saturated heterocycles. The molecule has 1 saturated carbocycles. The van der Waals surface area contributed by atoms with Crippen LogP contribution in [0.2, 0.25) is 0 Å². The van der Waals surface area contributed by atoms with Crippen molar-refractivity contribution >= 4 is 26.8 Å². The maximum absolute atomic E-state index is 13.2. The van der Waals surface area contributed by atoms with Crippen LogP contribution in [0.5, 0.6) is 0 Å². The van der Waals surface area contributed by atoms with Crippen molar-refractivity contribution in [1.82, 2.24) is 14.6 Å². The molecule has 1 aliphatic heterocycles. The number of fused-ring (bicyclic) bond motifs is 1. The van der Waals surface area contributed by atoms with Crippen LogP contribution >= 0.6 is 0 Å². The Kier molecular flexibility index (Phi) is 6.21. The number of hydrogen-bond acceptors (Lipinski definition) is 4. The van der Waals surface area contributed by atoms with Crippen LogP contribution in [-0.2, 0) is 10.0 Å². The van der Waals surface area contributed by atoms with Gasteiger partial charge in [-0.2, -0.15) is 4.31 Å². The molecule has 2 aromatic rings. The Bertz CT molecular complexity index is 1130. The number of rotatable bonds is 4. The number of sulfonamides is 1. The molecule has 2 N–H and O–H groups in total. The third kappa shape index (κ3) is 4.55. The Labute approximate surface area is 183 Å². The van der Waals surface area contributed by atoms with Gasteiger partial charge < -0.3 is 10.3 Å². The molecule has 1 aromatic carbocycles. The van der Waals surface area contributed by atoms with Crippen molar-refractivity contribution < 1.29 is 13.2 Å². The summed E-state index contributed by atoms with van der Waals surface area (Å²) in [5, 5.41) is 3.53. The number of aromatic nitrogens is 1. The molecule has 0 radical (unpaired) electrons. The molecule has 1 amide bonds. The van der Waals surface area contributed by atoms with Crippen molar-refractivity contribution in [3.8, 4) is 0 Å². The first-order valence-corrected chi connectivity index (χ1v) is 12.7. The molecule has 2 aliphatic rings. The number of amides is 1. The fraction of sp³-hybridized carbons (Fsp3) is 0.565. The number of carbonyl (C=O) groups is 1. The smallest absolute Gasteiger partial charge is 0.252 e. The fourth-order valence-corrected chi connectivity index (χ4v) is 6.23. The number of pyridine rings is 1. The molecule has 2 fully saturated rings. The van der Waals surface area contributed by atoms with E-state index in [0.29, 0.717) is 35.8 Å². The number of H-pyrrole nitrogens is 1. The van der Waals surface area contributed by atoms with E-state index in [4.69, 9.17) is 0 Å². The zero-order valence-corrected chi connectivity index (χ0v) is 19.0. The summed E-state index contributed by atoms with van der Waals surface area (Å²) in [6.07, 6.45) is 5.90. The molecule has 7 nitrogen and oxygen atoms in total. The molecule has 0 unspecified atom stereocenters. The highest BCUT2D eigenvalue weighted by molar-refractivity contribution is 7.89. The second-order valence-electron chi connectivity index (χ2n) is 9.18. The minimum absolute atomic E-state index is 0.0674. The Morgan fingerprint density at radius 2 is 1.77 bits per heavy atom. The van der Waals surface area contributed by atoms with Crippen molar-refractivity contribution in [2.45, 2.75) is 63.3 Å². The lowest BCUT2D eigenvalue weighted by molar-refractivity contribution is 0.0911. The van der Waals surface area contributed by atoms with Crippen LogP contribution in [0, 0.1) is 11.8 Å². The van der Waals surface area contributed by atoms with Gasteiger partial charge in [0.15, 0.2) is 0 Å². The van der Waals surface area contributed by atoms with E-state index < -0.39 is 10.0 Å². The van der Waals surface area contributed by atoms with Crippen molar-refractivity contribution in [3.05, 3.63) is 40.2 Å². The maximum Gasteiger partial charge on any atom is 0.252 e. The summed E-state index contributed by atoms with van der Waals surface area (Å²) in [6, 6.07) is 5.95. The van der Waals surface area contributed by atoms with E-state index in [0.717, 1.165) is 38.5 Å². The lowest BCUT2D eigenvalue weighted by atomic mass is 9.86. The van der Waals surface area contributed by atoms with E-state index in [-0.39, 0.29) is 28.0 Å². The van der Waals surface area contributed by atoms with E-state index in [1.165, 1.54) is 22.5 Å². The van der Waals surface area contributed by atoms with E-state index in [1.54, 1.807) is 6.07 Å². The molecule has 1 aliphatic carbocycles. The van der Waals surface area contributed by atoms with Crippen molar-refractivity contribution in [3.63, 3.8) is 0 Å². The van der Waals surface area contributed by atoms with Crippen LogP contribution in [0.25, 0.3) is 10.9 Å². The van der Waals surface area contributed by atoms with Gasteiger partial charge in [-0.25, -0.2) is 8.42 Å². The second kappa shape index (κ2) is 8.74. The van der Waals surface area contributed by atoms with Crippen LogP contribution in [-0.4, -0.2) is 42.7 Å². The third-order valence-corrected chi connectivity index (χ3v) is 8.76. The molecule has 31 heavy (non-hydrogen) atoms. The molecule has 0 bridgehead atoms. The zero-order chi connectivity index (χ0) is 22.2. The Hall–Kier alpha value is -2.19. The van der Waals surface area contributed by atoms with Gasteiger partial charge in [0.25, 0.3) is 5.91 Å². The number of aromatic amines is 1. The Morgan fingerprint density at radius 1 is 1.06 bits per heavy atom. The maximum atomic E-state index is 13.2. The average Bonchev–Trinajstić information content (AvgIpc) is 2.74. The molecule has 4 rings (SSSR count). The molecular formula is C23H31N3O4S. The minimum atomic E-state index is -3.66. The highest BCUT2D eigenvalue weighted by Gasteiger charge is 2.29. The third-order valence-electron chi connectivity index (χ3n) is 6.87. The topological polar surface area (TPSA) is 99.3 Å². The first kappa shape index (κ1) is 22.0. The summed E-state index contributed by atoms with van der Waals surface area (Å²) in [5.41, 5.74) is 0.302. The zero-order valence-electron chi connectivity index (χ0n) is 18.2. The molecule has 2 heterocycles. The minimum Gasteiger partial charge on any atom is -0.349 e. The van der Waals surface area contributed by atoms with Gasteiger partial charge in [0.2, 0.25) is 15.6 Å². The largest absolute Gasteiger partial charge is 0.349 e. The van der Waals surface area contributed by atoms with Gasteiger partial charge in [0, 0.05) is 36.1 Å². The summed E-state index contributed by atoms with van der Waals surface area (Å²) in [6.45, 7) is 5.26. The van der Waals surface area contributed by atoms with Crippen LogP contribution in [0.15, 0.2) is 34.0 Å². The first-order valence-electron chi connectivity index (χ1n) is 11.2. The summed E-state index contributed by atoms with van der Waals surface area (Å²) < 4.78 is 27.9. The number of nitrogens with zero attached hydrogens (tertiary/aromatic N) is 1. The predicted molar refractivity (Wildman–Crippen MR) is 121 cm³/mol. The highest BCUT2D eigenvalue weighted by atomic mass is 32.2. The second-order valence-corrected chi connectivity index (χ2v) is 11.1. The predicted octanol–water partition coefficient (Wildman–Crippen LogP) is 3.26. The molecule has 8 heteroatoms. The lowest BCUT2D eigenvalue weighted by Crippen LogP contribution is -2.41. The lowest BCUT2D eigenvalue weighted by Gasteiger charge is -2.30. The summed E-state index contributed by atoms with van der Waals surface area (Å²) in [5.74, 6) is 0.574. The fourth-order valence-electron chi connectivity index (χ4n) is 4.73. The number of carbonyl (C=O) groups excluding carboxylic acids is 1. The SMILES string of the molecule is CC1CCN(S(=O)(=O)c2ccc3[nH]c(=O)cc(C(=O)N[C@@H]4CCCC[C@H]4C)c3c2)CC1. The first-order chi connectivity index (χ1) is 14.8. The van der Waals surface area contributed by atoms with Gasteiger partial charge in [-0.3, -0.25) is 9.59 Å². The standard InChI is InChI=1S/C23H31N3O4S/c1-15-9-11-26(12-10-15)31(29,30)17-7-8-21-18(13-17)19(14-22(27)24-21)23(28)25-20-6-4-3-5-16(20)2/h7-8,13-16,20H,3-6,9-12H2,1-2H3,(H,24,27)(H,25,28)/t16-,20-/m1/s1. The molecule has 1 aromatic heterocycles. The van der Waals surface area contributed by atoms with E-state index >= 15 is 0 Å². The molecular weight excluding hydrogens is 414 g/mol. The Balaban J connectivity index is 1.69. The Morgan fingerprint density at radius 3 is 2.48 bits per heavy atom. The monoisotopic (exact) mass is 445 g/mol. The van der Waals surface area contributed by atoms with Crippen molar-refractivity contribution in [2.75, 3.05) is 13.1 Å². The van der Waals surface area contributed by atoms with Crippen molar-refractivity contribution in [2.24, 2.45) is 11.8 Å². The van der Waals surface area contributed by atoms with Gasteiger partial charge >= 0.3 is 0 Å². The number of benzene rings is 1. The number of piperidine rings is 1. The van der Waals surface area contributed by atoms with Crippen LogP contribution in [0.4, 0.5) is 0 Å². The van der Waals surface area contributed by atoms with E-state index in [1.807, 2.05) is 0 Å². The number of hydrogen-bond donors (Lipinski definition) is 2. The van der Waals surface area contributed by atoms with Crippen LogP contribution < -0.4 is 10.9 Å². The molecule has 168 valence electrons. The highest BCUT2D eigenvalue weighted by Crippen LogP contribution is 2.27. The van der Waals surface area contributed by atoms with Gasteiger partial charge in [0.05, 0.1) is 10.5 Å². The average molecular weight is 446 g/mol. The van der Waals surface area contributed by atoms with Crippen LogP contribution in [0.3, 0.4) is 0 Å². The molecule has 2 atom stereocenters. The van der Waals surface area contributed by atoms with Crippen molar-refractivity contribution in [1.29, 1.82) is 0 Å². The quantitative estimate of drug-likeness (QED) is 0.754. The normalized spacial score (nSPS) is 23.7. The number of nitrogens with one attached hydrogen (secondary N) is 2. The summed E-state index contributed by atoms with van der Waals surface area (Å²) >= 11 is 0. The molecule has 0 spiro atoms. The summed E-state index contributed by atoms with van der Waals surface area (Å²) in [7, 11) is -3.66. The van der Waals surface area contributed by atoms with E-state index in [9.17, 15) is 18.0 Å². The van der Waals surface area contributed by atoms with Gasteiger partial charge in [-0.05, 0) is 55.7 Å². The van der Waals surface area contributed by atoms with E-state index in [2.05, 4.69) is 24.1 Å². The van der Waals surface area contributed by atoms with Gasteiger partial charge in [-0.15, -0.1) is 0 Å². The summed E-state index contributed by atoms with van der Waals surface area (Å²) in [4.78, 5) is 28.1. The van der Waals surface area contributed by atoms with Gasteiger partial charge in [-0.1, -0.05) is 26.7 Å². The van der Waals surface area contributed by atoms with Gasteiger partial charge in [0.1, 0.15) is 0 Å².